The number of carbonyl (C=O) groups excluding carboxylic acids is 1. The summed E-state index contributed by atoms with van der Waals surface area (Å²) in [5.74, 6) is -1.95. The number of carbonyl (C=O) groups is 2. The maximum absolute atomic E-state index is 11.9. The number of hydrogen-bond donors (Lipinski definition) is 1. The molecule has 0 bridgehead atoms. The third kappa shape index (κ3) is 2.53. The van der Waals surface area contributed by atoms with E-state index in [2.05, 4.69) is 0 Å². The molecule has 7 nitrogen and oxygen atoms in total. The van der Waals surface area contributed by atoms with Gasteiger partial charge in [0.1, 0.15) is 0 Å². The zero-order valence-electron chi connectivity index (χ0n) is 11.0. The first kappa shape index (κ1) is 14.4. The van der Waals surface area contributed by atoms with Crippen LogP contribution >= 0.6 is 0 Å². The second kappa shape index (κ2) is 5.58. The van der Waals surface area contributed by atoms with Crippen LogP contribution in [0.2, 0.25) is 0 Å². The molecule has 0 unspecified atom stereocenters. The average molecular weight is 289 g/mol. The number of nitrogens with zero attached hydrogens (tertiary/aromatic N) is 1. The monoisotopic (exact) mass is 289 g/mol. The molecular formula is C14H11NO6. The Balaban J connectivity index is 2.88. The molecule has 0 amide bonds. The van der Waals surface area contributed by atoms with Gasteiger partial charge in [0.05, 0.1) is 28.0 Å². The van der Waals surface area contributed by atoms with Gasteiger partial charge >= 0.3 is 11.9 Å². The Hall–Kier alpha value is -2.96. The minimum absolute atomic E-state index is 0.0239. The largest absolute Gasteiger partial charge is 0.478 e. The first-order valence-corrected chi connectivity index (χ1v) is 6.08. The first-order valence-electron chi connectivity index (χ1n) is 6.08. The lowest BCUT2D eigenvalue weighted by Crippen LogP contribution is -2.08. The average Bonchev–Trinajstić information content (AvgIpc) is 2.45. The Kier molecular flexibility index (Phi) is 3.84. The number of aromatic carboxylic acids is 1. The summed E-state index contributed by atoms with van der Waals surface area (Å²) in [5.41, 5.74) is -0.468. The first-order chi connectivity index (χ1) is 9.97. The molecule has 0 radical (unpaired) electrons. The van der Waals surface area contributed by atoms with E-state index in [0.29, 0.717) is 0 Å². The van der Waals surface area contributed by atoms with Crippen LogP contribution in [0.15, 0.2) is 30.3 Å². The summed E-state index contributed by atoms with van der Waals surface area (Å²) >= 11 is 0. The van der Waals surface area contributed by atoms with Gasteiger partial charge in [-0.1, -0.05) is 12.1 Å². The van der Waals surface area contributed by atoms with E-state index in [4.69, 9.17) is 9.84 Å². The Morgan fingerprint density at radius 2 is 1.90 bits per heavy atom. The van der Waals surface area contributed by atoms with Gasteiger partial charge in [0.25, 0.3) is 5.69 Å². The van der Waals surface area contributed by atoms with Gasteiger partial charge in [-0.3, -0.25) is 10.1 Å². The zero-order valence-corrected chi connectivity index (χ0v) is 11.0. The van der Waals surface area contributed by atoms with E-state index in [1.807, 2.05) is 0 Å². The van der Waals surface area contributed by atoms with Crippen molar-refractivity contribution >= 4 is 28.4 Å². The van der Waals surface area contributed by atoms with E-state index >= 15 is 0 Å². The van der Waals surface area contributed by atoms with Crippen LogP contribution in [0.1, 0.15) is 27.6 Å². The lowest BCUT2D eigenvalue weighted by Gasteiger charge is -2.09. The van der Waals surface area contributed by atoms with Crippen LogP contribution in [0.3, 0.4) is 0 Å². The molecule has 0 aliphatic rings. The number of carboxylic acids is 1. The van der Waals surface area contributed by atoms with E-state index in [1.54, 1.807) is 6.92 Å². The molecule has 0 fully saturated rings. The van der Waals surface area contributed by atoms with E-state index in [0.717, 1.165) is 0 Å². The van der Waals surface area contributed by atoms with Gasteiger partial charge in [-0.05, 0) is 19.1 Å². The van der Waals surface area contributed by atoms with Crippen molar-refractivity contribution in [3.8, 4) is 0 Å². The van der Waals surface area contributed by atoms with E-state index in [1.165, 1.54) is 30.3 Å². The number of nitro groups is 1. The van der Waals surface area contributed by atoms with Crippen molar-refractivity contribution in [1.82, 2.24) is 0 Å². The van der Waals surface area contributed by atoms with Crippen LogP contribution in [-0.2, 0) is 4.74 Å². The summed E-state index contributed by atoms with van der Waals surface area (Å²) in [6, 6.07) is 6.49. The minimum Gasteiger partial charge on any atom is -0.478 e. The van der Waals surface area contributed by atoms with Gasteiger partial charge in [0.2, 0.25) is 0 Å². The third-order valence-electron chi connectivity index (χ3n) is 2.94. The summed E-state index contributed by atoms with van der Waals surface area (Å²) in [6.07, 6.45) is 0. The molecular weight excluding hydrogens is 278 g/mol. The predicted octanol–water partition coefficient (Wildman–Crippen LogP) is 2.62. The Bertz CT molecular complexity index is 752. The maximum Gasteiger partial charge on any atom is 0.339 e. The van der Waals surface area contributed by atoms with Crippen LogP contribution in [0.4, 0.5) is 5.69 Å². The molecule has 0 saturated heterocycles. The smallest absolute Gasteiger partial charge is 0.339 e. The molecule has 0 aromatic heterocycles. The topological polar surface area (TPSA) is 107 Å². The Labute approximate surface area is 118 Å². The highest BCUT2D eigenvalue weighted by Crippen LogP contribution is 2.31. The number of carboxylic acid groups (broad SMARTS) is 1. The highest BCUT2D eigenvalue weighted by Gasteiger charge is 2.23. The number of hydrogen-bond acceptors (Lipinski definition) is 5. The second-order valence-corrected chi connectivity index (χ2v) is 4.14. The quantitative estimate of drug-likeness (QED) is 0.526. The van der Waals surface area contributed by atoms with Gasteiger partial charge in [-0.15, -0.1) is 0 Å². The second-order valence-electron chi connectivity index (χ2n) is 4.14. The van der Waals surface area contributed by atoms with Crippen LogP contribution in [0, 0.1) is 10.1 Å². The zero-order chi connectivity index (χ0) is 15.6. The molecule has 21 heavy (non-hydrogen) atoms. The molecule has 0 heterocycles. The lowest BCUT2D eigenvalue weighted by atomic mass is 9.98. The summed E-state index contributed by atoms with van der Waals surface area (Å²) in [4.78, 5) is 33.6. The SMILES string of the molecule is CCOC(=O)c1ccc(C(=O)O)c2cccc([N+](=O)[O-])c12. The fraction of sp³-hybridized carbons (Fsp3) is 0.143. The van der Waals surface area contributed by atoms with Crippen molar-refractivity contribution in [3.63, 3.8) is 0 Å². The molecule has 7 heteroatoms. The summed E-state index contributed by atoms with van der Waals surface area (Å²) in [5, 5.41) is 20.4. The summed E-state index contributed by atoms with van der Waals surface area (Å²) < 4.78 is 4.86. The molecule has 0 spiro atoms. The van der Waals surface area contributed by atoms with E-state index in [9.17, 15) is 19.7 Å². The highest BCUT2D eigenvalue weighted by atomic mass is 16.6. The Morgan fingerprint density at radius 3 is 2.48 bits per heavy atom. The van der Waals surface area contributed by atoms with Gasteiger partial charge in [-0.25, -0.2) is 9.59 Å². The van der Waals surface area contributed by atoms with Crippen molar-refractivity contribution < 1.29 is 24.4 Å². The van der Waals surface area contributed by atoms with Crippen LogP contribution in [0.25, 0.3) is 10.8 Å². The maximum atomic E-state index is 11.9. The van der Waals surface area contributed by atoms with Gasteiger partial charge in [0.15, 0.2) is 0 Å². The fourth-order valence-electron chi connectivity index (χ4n) is 2.11. The van der Waals surface area contributed by atoms with Crippen LogP contribution < -0.4 is 0 Å². The number of ether oxygens (including phenoxy) is 1. The number of benzene rings is 2. The lowest BCUT2D eigenvalue weighted by molar-refractivity contribution is -0.383. The molecule has 2 rings (SSSR count). The van der Waals surface area contributed by atoms with Gasteiger partial charge in [-0.2, -0.15) is 0 Å². The van der Waals surface area contributed by atoms with Crippen LogP contribution in [-0.4, -0.2) is 28.6 Å². The molecule has 2 aromatic rings. The molecule has 108 valence electrons. The third-order valence-corrected chi connectivity index (χ3v) is 2.94. The van der Waals surface area contributed by atoms with Crippen molar-refractivity contribution in [1.29, 1.82) is 0 Å². The molecule has 0 aliphatic carbocycles. The molecule has 0 aliphatic heterocycles. The van der Waals surface area contributed by atoms with Crippen molar-refractivity contribution in [2.24, 2.45) is 0 Å². The number of non-ortho nitro benzene ring substituents is 1. The molecule has 2 aromatic carbocycles. The van der Waals surface area contributed by atoms with Gasteiger partial charge < -0.3 is 9.84 Å². The number of esters is 1. The van der Waals surface area contributed by atoms with Crippen molar-refractivity contribution in [3.05, 3.63) is 51.6 Å². The summed E-state index contributed by atoms with van der Waals surface area (Å²) in [6.45, 7) is 1.72. The van der Waals surface area contributed by atoms with Crippen LogP contribution in [0.5, 0.6) is 0 Å². The van der Waals surface area contributed by atoms with Gasteiger partial charge in [0, 0.05) is 11.5 Å². The minimum atomic E-state index is -1.23. The number of nitro benzene ring substituents is 1. The predicted molar refractivity (Wildman–Crippen MR) is 73.5 cm³/mol. The van der Waals surface area contributed by atoms with E-state index < -0.39 is 16.9 Å². The highest BCUT2D eigenvalue weighted by molar-refractivity contribution is 6.14. The van der Waals surface area contributed by atoms with Crippen molar-refractivity contribution in [2.75, 3.05) is 6.61 Å². The number of fused-ring (bicyclic) bond motifs is 1. The normalized spacial score (nSPS) is 10.3. The fourth-order valence-corrected chi connectivity index (χ4v) is 2.11. The Morgan fingerprint density at radius 1 is 1.24 bits per heavy atom. The number of rotatable bonds is 4. The van der Waals surface area contributed by atoms with Crippen molar-refractivity contribution in [2.45, 2.75) is 6.92 Å². The molecule has 0 atom stereocenters. The summed E-state index contributed by atoms with van der Waals surface area (Å²) in [7, 11) is 0. The van der Waals surface area contributed by atoms with E-state index in [-0.39, 0.29) is 34.2 Å². The molecule has 1 N–H and O–H groups in total. The standard InChI is InChI=1S/C14H11NO6/c1-2-21-14(18)10-7-6-9(13(16)17)8-4-3-5-11(12(8)10)15(19)20/h3-7H,2H2,1H3,(H,16,17). The molecule has 0 saturated carbocycles.